The van der Waals surface area contributed by atoms with Crippen LogP contribution in [0.25, 0.3) is 0 Å². The van der Waals surface area contributed by atoms with Gasteiger partial charge in [0.25, 0.3) is 5.91 Å². The van der Waals surface area contributed by atoms with Crippen LogP contribution in [0.1, 0.15) is 33.0 Å². The Morgan fingerprint density at radius 2 is 1.75 bits per heavy atom. The van der Waals surface area contributed by atoms with Gasteiger partial charge < -0.3 is 5.32 Å². The third-order valence-corrected chi connectivity index (χ3v) is 5.86. The molecule has 32 heavy (non-hydrogen) atoms. The molecule has 1 unspecified atom stereocenters. The van der Waals surface area contributed by atoms with Crippen molar-refractivity contribution in [3.05, 3.63) is 120 Å². The Labute approximate surface area is 191 Å². The van der Waals surface area contributed by atoms with E-state index in [1.54, 1.807) is 36.4 Å². The van der Waals surface area contributed by atoms with Gasteiger partial charge in [-0.3, -0.25) is 9.78 Å². The average molecular weight is 437 g/mol. The van der Waals surface area contributed by atoms with Crippen molar-refractivity contribution < 1.29 is 4.79 Å². The molecule has 6 heteroatoms. The van der Waals surface area contributed by atoms with Gasteiger partial charge in [-0.15, -0.1) is 11.8 Å². The van der Waals surface area contributed by atoms with Gasteiger partial charge >= 0.3 is 0 Å². The molecule has 156 valence electrons. The van der Waals surface area contributed by atoms with Gasteiger partial charge in [0.05, 0.1) is 18.2 Å². The Hall–Kier alpha value is -3.95. The Balaban J connectivity index is 1.41. The van der Waals surface area contributed by atoms with E-state index in [0.29, 0.717) is 17.0 Å². The Kier molecular flexibility index (Phi) is 6.91. The zero-order valence-corrected chi connectivity index (χ0v) is 18.0. The van der Waals surface area contributed by atoms with Crippen molar-refractivity contribution in [2.24, 2.45) is 0 Å². The van der Waals surface area contributed by atoms with Gasteiger partial charge in [0, 0.05) is 29.4 Å². The van der Waals surface area contributed by atoms with Crippen molar-refractivity contribution in [1.29, 1.82) is 5.26 Å². The molecule has 3 aromatic carbocycles. The minimum absolute atomic E-state index is 0.177. The van der Waals surface area contributed by atoms with E-state index >= 15 is 0 Å². The van der Waals surface area contributed by atoms with E-state index in [4.69, 9.17) is 0 Å². The minimum atomic E-state index is -0.343. The summed E-state index contributed by atoms with van der Waals surface area (Å²) in [5.41, 5.74) is 4.14. The summed E-state index contributed by atoms with van der Waals surface area (Å²) in [6, 6.07) is 27.0. The summed E-state index contributed by atoms with van der Waals surface area (Å²) in [4.78, 5) is 21.1. The average Bonchev–Trinajstić information content (AvgIpc) is 2.86. The molecule has 0 radical (unpaired) electrons. The monoisotopic (exact) mass is 436 g/mol. The fraction of sp³-hybridized carbons (Fsp3) is 0.0769. The van der Waals surface area contributed by atoms with Gasteiger partial charge in [-0.25, -0.2) is 4.98 Å². The van der Waals surface area contributed by atoms with Crippen molar-refractivity contribution in [2.45, 2.75) is 16.7 Å². The minimum Gasteiger partial charge on any atom is -0.322 e. The molecule has 1 heterocycles. The predicted octanol–water partition coefficient (Wildman–Crippen LogP) is 5.68. The molecule has 1 amide bonds. The summed E-state index contributed by atoms with van der Waals surface area (Å²) >= 11 is 1.57. The Morgan fingerprint density at radius 3 is 2.47 bits per heavy atom. The molecular formula is C26H20N4OS. The molecule has 0 saturated heterocycles. The zero-order valence-electron chi connectivity index (χ0n) is 17.2. The van der Waals surface area contributed by atoms with Crippen LogP contribution in [-0.4, -0.2) is 15.9 Å². The standard InChI is InChI=1S/C26H20N4OS/c27-16-24(20-6-2-1-3-7-20)21-9-11-23(12-10-21)30-26(31)22-8-4-5-19(15-22)18-32-25-17-28-13-14-29-25/h1-15,17,24H,18H2,(H,30,31). The van der Waals surface area contributed by atoms with Crippen LogP contribution in [0.15, 0.2) is 102 Å². The first-order valence-electron chi connectivity index (χ1n) is 10.1. The van der Waals surface area contributed by atoms with E-state index in [-0.39, 0.29) is 11.8 Å². The lowest BCUT2D eigenvalue weighted by Crippen LogP contribution is -2.12. The zero-order chi connectivity index (χ0) is 22.2. The van der Waals surface area contributed by atoms with Gasteiger partial charge in [-0.1, -0.05) is 54.6 Å². The molecule has 0 saturated carbocycles. The third-order valence-electron chi connectivity index (χ3n) is 4.88. The van der Waals surface area contributed by atoms with Crippen LogP contribution in [0, 0.1) is 11.3 Å². The van der Waals surface area contributed by atoms with Crippen LogP contribution in [-0.2, 0) is 5.75 Å². The molecule has 0 spiro atoms. The second kappa shape index (κ2) is 10.4. The smallest absolute Gasteiger partial charge is 0.255 e. The second-order valence-electron chi connectivity index (χ2n) is 7.08. The summed E-state index contributed by atoms with van der Waals surface area (Å²) in [6.45, 7) is 0. The number of thioether (sulfide) groups is 1. The number of aromatic nitrogens is 2. The van der Waals surface area contributed by atoms with Gasteiger partial charge in [0.15, 0.2) is 0 Å². The van der Waals surface area contributed by atoms with E-state index in [2.05, 4.69) is 21.4 Å². The fourth-order valence-corrected chi connectivity index (χ4v) is 4.03. The molecule has 1 atom stereocenters. The Morgan fingerprint density at radius 1 is 0.969 bits per heavy atom. The predicted molar refractivity (Wildman–Crippen MR) is 126 cm³/mol. The maximum absolute atomic E-state index is 12.7. The fourth-order valence-electron chi connectivity index (χ4n) is 3.27. The first kappa shape index (κ1) is 21.3. The number of rotatable bonds is 7. The largest absolute Gasteiger partial charge is 0.322 e. The highest BCUT2D eigenvalue weighted by Gasteiger charge is 2.13. The summed E-state index contributed by atoms with van der Waals surface area (Å²) in [6.07, 6.45) is 5.03. The number of hydrogen-bond acceptors (Lipinski definition) is 5. The van der Waals surface area contributed by atoms with Crippen LogP contribution in [0.4, 0.5) is 5.69 Å². The highest BCUT2D eigenvalue weighted by molar-refractivity contribution is 7.98. The number of anilines is 1. The van der Waals surface area contributed by atoms with E-state index < -0.39 is 0 Å². The van der Waals surface area contributed by atoms with Crippen LogP contribution in [0.3, 0.4) is 0 Å². The lowest BCUT2D eigenvalue weighted by atomic mass is 9.92. The lowest BCUT2D eigenvalue weighted by Gasteiger charge is -2.11. The number of carbonyl (C=O) groups is 1. The number of nitrogens with one attached hydrogen (secondary N) is 1. The second-order valence-corrected chi connectivity index (χ2v) is 8.08. The highest BCUT2D eigenvalue weighted by atomic mass is 32.2. The molecule has 0 fully saturated rings. The number of nitrogens with zero attached hydrogens (tertiary/aromatic N) is 3. The first-order chi connectivity index (χ1) is 15.7. The number of hydrogen-bond donors (Lipinski definition) is 1. The molecule has 0 aliphatic heterocycles. The molecular weight excluding hydrogens is 416 g/mol. The number of benzene rings is 3. The topological polar surface area (TPSA) is 78.7 Å². The maximum atomic E-state index is 12.7. The first-order valence-corrected chi connectivity index (χ1v) is 11.0. The van der Waals surface area contributed by atoms with Crippen molar-refractivity contribution in [2.75, 3.05) is 5.32 Å². The summed E-state index contributed by atoms with van der Waals surface area (Å²) in [7, 11) is 0. The maximum Gasteiger partial charge on any atom is 0.255 e. The third kappa shape index (κ3) is 5.39. The molecule has 1 aromatic heterocycles. The Bertz CT molecular complexity index is 1220. The van der Waals surface area contributed by atoms with Gasteiger partial charge in [0.2, 0.25) is 0 Å². The van der Waals surface area contributed by atoms with Crippen LogP contribution in [0.2, 0.25) is 0 Å². The van der Waals surface area contributed by atoms with Crippen molar-refractivity contribution in [1.82, 2.24) is 9.97 Å². The quantitative estimate of drug-likeness (QED) is 0.377. The van der Waals surface area contributed by atoms with Gasteiger partial charge in [0.1, 0.15) is 5.03 Å². The molecule has 0 aliphatic rings. The molecule has 4 rings (SSSR count). The van der Waals surface area contributed by atoms with E-state index in [9.17, 15) is 10.1 Å². The van der Waals surface area contributed by atoms with Crippen LogP contribution >= 0.6 is 11.8 Å². The molecule has 0 aliphatic carbocycles. The molecule has 5 nitrogen and oxygen atoms in total. The van der Waals surface area contributed by atoms with Gasteiger partial charge in [-0.05, 0) is 41.0 Å². The normalized spacial score (nSPS) is 11.3. The van der Waals surface area contributed by atoms with E-state index in [1.165, 1.54) is 0 Å². The van der Waals surface area contributed by atoms with Crippen LogP contribution in [0.5, 0.6) is 0 Å². The summed E-state index contributed by atoms with van der Waals surface area (Å²) < 4.78 is 0. The van der Waals surface area contributed by atoms with E-state index in [1.807, 2.05) is 72.8 Å². The molecule has 0 bridgehead atoms. The lowest BCUT2D eigenvalue weighted by molar-refractivity contribution is 0.102. The van der Waals surface area contributed by atoms with Crippen LogP contribution < -0.4 is 5.32 Å². The van der Waals surface area contributed by atoms with Crippen molar-refractivity contribution >= 4 is 23.4 Å². The SMILES string of the molecule is N#CC(c1ccccc1)c1ccc(NC(=O)c2cccc(CSc3cnccn3)c2)cc1. The number of carbonyl (C=O) groups excluding carboxylic acids is 1. The molecule has 1 N–H and O–H groups in total. The van der Waals surface area contributed by atoms with Crippen molar-refractivity contribution in [3.8, 4) is 6.07 Å². The summed E-state index contributed by atoms with van der Waals surface area (Å²) in [5.74, 6) is 0.178. The van der Waals surface area contributed by atoms with E-state index in [0.717, 1.165) is 21.7 Å². The van der Waals surface area contributed by atoms with Gasteiger partial charge in [-0.2, -0.15) is 5.26 Å². The van der Waals surface area contributed by atoms with Crippen molar-refractivity contribution in [3.63, 3.8) is 0 Å². The number of amides is 1. The highest BCUT2D eigenvalue weighted by Crippen LogP contribution is 2.25. The summed E-state index contributed by atoms with van der Waals surface area (Å²) in [5, 5.41) is 13.4. The number of nitriles is 1. The molecule has 4 aromatic rings.